The number of hydrogen-bond donors (Lipinski definition) is 1. The molecule has 0 amide bonds. The number of hydrogen-bond acceptors (Lipinski definition) is 8. The molecule has 154 valence electrons. The zero-order valence-corrected chi connectivity index (χ0v) is 17.6. The lowest BCUT2D eigenvalue weighted by Gasteiger charge is -2.26. The highest BCUT2D eigenvalue weighted by molar-refractivity contribution is 7.98. The normalized spacial score (nSPS) is 13.0. The maximum atomic E-state index is 9.97. The minimum Gasteiger partial charge on any atom is -0.486 e. The van der Waals surface area contributed by atoms with Gasteiger partial charge in [0, 0.05) is 30.8 Å². The fourth-order valence-corrected chi connectivity index (χ4v) is 4.08. The smallest absolute Gasteiger partial charge is 0.145 e. The number of pyridine rings is 2. The molecule has 1 N–H and O–H groups in total. The summed E-state index contributed by atoms with van der Waals surface area (Å²) < 4.78 is 11.0. The second-order valence-electron chi connectivity index (χ2n) is 6.82. The number of aromatic nitrogens is 2. The lowest BCUT2D eigenvalue weighted by atomic mass is 9.96. The number of anilines is 1. The third-order valence-electron chi connectivity index (χ3n) is 4.78. The Bertz CT molecular complexity index is 1150. The lowest BCUT2D eigenvalue weighted by Crippen LogP contribution is -2.38. The summed E-state index contributed by atoms with van der Waals surface area (Å²) in [6, 6.07) is 15.7. The molecule has 3 aromatic rings. The molecule has 31 heavy (non-hydrogen) atoms. The molecule has 0 aliphatic carbocycles. The van der Waals surface area contributed by atoms with E-state index in [0.717, 1.165) is 16.9 Å². The maximum absolute atomic E-state index is 9.97. The van der Waals surface area contributed by atoms with Gasteiger partial charge in [-0.2, -0.15) is 10.5 Å². The molecule has 1 saturated heterocycles. The van der Waals surface area contributed by atoms with Crippen molar-refractivity contribution in [3.05, 3.63) is 65.5 Å². The van der Waals surface area contributed by atoms with Gasteiger partial charge in [0.05, 0.1) is 18.8 Å². The SMILES string of the molecule is CNc1nc(SCc2cccnc2)c(C#N)c(-c2ccc(OC3COC3)cc2)c1C#N. The van der Waals surface area contributed by atoms with E-state index in [1.165, 1.54) is 11.8 Å². The molecule has 8 heteroatoms. The van der Waals surface area contributed by atoms with Crippen LogP contribution in [0.1, 0.15) is 16.7 Å². The number of thioether (sulfide) groups is 1. The van der Waals surface area contributed by atoms with Gasteiger partial charge in [-0.05, 0) is 29.3 Å². The summed E-state index contributed by atoms with van der Waals surface area (Å²) in [5, 5.41) is 23.4. The van der Waals surface area contributed by atoms with E-state index in [-0.39, 0.29) is 6.10 Å². The second-order valence-corrected chi connectivity index (χ2v) is 7.78. The molecule has 7 nitrogen and oxygen atoms in total. The Kier molecular flexibility index (Phi) is 6.32. The highest BCUT2D eigenvalue weighted by Gasteiger charge is 2.23. The number of rotatable bonds is 7. The first kappa shape index (κ1) is 20.7. The summed E-state index contributed by atoms with van der Waals surface area (Å²) in [5.74, 6) is 1.78. The fraction of sp³-hybridized carbons (Fsp3) is 0.217. The topological polar surface area (TPSA) is 104 Å². The summed E-state index contributed by atoms with van der Waals surface area (Å²) >= 11 is 1.44. The van der Waals surface area contributed by atoms with Crippen molar-refractivity contribution in [3.8, 4) is 29.0 Å². The summed E-state index contributed by atoms with van der Waals surface area (Å²) in [5.41, 5.74) is 3.07. The Morgan fingerprint density at radius 2 is 1.94 bits per heavy atom. The molecular formula is C23H19N5O2S. The number of nitriles is 2. The van der Waals surface area contributed by atoms with Gasteiger partial charge >= 0.3 is 0 Å². The minimum atomic E-state index is 0.0717. The van der Waals surface area contributed by atoms with Crippen molar-refractivity contribution in [2.75, 3.05) is 25.6 Å². The Labute approximate surface area is 184 Å². The van der Waals surface area contributed by atoms with E-state index in [1.807, 2.05) is 36.4 Å². The second kappa shape index (κ2) is 9.48. The first-order valence-electron chi connectivity index (χ1n) is 9.66. The molecule has 2 aromatic heterocycles. The van der Waals surface area contributed by atoms with Crippen LogP contribution in [-0.2, 0) is 10.5 Å². The third kappa shape index (κ3) is 4.46. The third-order valence-corrected chi connectivity index (χ3v) is 5.82. The summed E-state index contributed by atoms with van der Waals surface area (Å²) in [4.78, 5) is 8.69. The number of benzene rings is 1. The molecule has 1 fully saturated rings. The van der Waals surface area contributed by atoms with Gasteiger partial charge in [-0.3, -0.25) is 4.98 Å². The van der Waals surface area contributed by atoms with E-state index >= 15 is 0 Å². The van der Waals surface area contributed by atoms with Crippen LogP contribution in [0.4, 0.5) is 5.82 Å². The van der Waals surface area contributed by atoms with E-state index in [9.17, 15) is 10.5 Å². The summed E-state index contributed by atoms with van der Waals surface area (Å²) in [7, 11) is 1.71. The van der Waals surface area contributed by atoms with Crippen LogP contribution in [0.5, 0.6) is 5.75 Å². The van der Waals surface area contributed by atoms with Crippen LogP contribution in [0.3, 0.4) is 0 Å². The highest BCUT2D eigenvalue weighted by atomic mass is 32.2. The first-order valence-corrected chi connectivity index (χ1v) is 10.6. The van der Waals surface area contributed by atoms with Gasteiger partial charge < -0.3 is 14.8 Å². The van der Waals surface area contributed by atoms with Crippen molar-refractivity contribution in [2.24, 2.45) is 0 Å². The van der Waals surface area contributed by atoms with Crippen molar-refractivity contribution in [3.63, 3.8) is 0 Å². The number of nitrogens with zero attached hydrogens (tertiary/aromatic N) is 4. The van der Waals surface area contributed by atoms with E-state index in [1.54, 1.807) is 19.4 Å². The van der Waals surface area contributed by atoms with Crippen LogP contribution in [-0.4, -0.2) is 36.3 Å². The van der Waals surface area contributed by atoms with Gasteiger partial charge in [0.2, 0.25) is 0 Å². The maximum Gasteiger partial charge on any atom is 0.145 e. The van der Waals surface area contributed by atoms with Gasteiger partial charge in [-0.1, -0.05) is 18.2 Å². The van der Waals surface area contributed by atoms with Crippen LogP contribution in [0.15, 0.2) is 53.8 Å². The molecule has 1 aromatic carbocycles. The van der Waals surface area contributed by atoms with Gasteiger partial charge in [0.15, 0.2) is 0 Å². The standard InChI is InChI=1S/C23H19N5O2S/c1-26-22-19(9-24)21(16-4-6-17(7-5-16)30-18-12-29-13-18)20(10-25)23(28-22)31-14-15-3-2-8-27-11-15/h2-8,11,18H,12-14H2,1H3,(H,26,28). The Hall–Kier alpha value is -3.59. The van der Waals surface area contributed by atoms with Gasteiger partial charge in [0.25, 0.3) is 0 Å². The van der Waals surface area contributed by atoms with E-state index < -0.39 is 0 Å². The predicted octanol–water partition coefficient (Wildman–Crippen LogP) is 4.00. The van der Waals surface area contributed by atoms with Crippen molar-refractivity contribution in [1.82, 2.24) is 9.97 Å². The van der Waals surface area contributed by atoms with Crippen LogP contribution >= 0.6 is 11.8 Å². The Morgan fingerprint density at radius 1 is 1.16 bits per heavy atom. The monoisotopic (exact) mass is 429 g/mol. The Morgan fingerprint density at radius 3 is 2.52 bits per heavy atom. The molecule has 1 aliphatic heterocycles. The predicted molar refractivity (Wildman–Crippen MR) is 118 cm³/mol. The average molecular weight is 430 g/mol. The van der Waals surface area contributed by atoms with Gasteiger partial charge in [-0.15, -0.1) is 11.8 Å². The average Bonchev–Trinajstić information content (AvgIpc) is 2.80. The summed E-state index contributed by atoms with van der Waals surface area (Å²) in [6.07, 6.45) is 3.58. The molecule has 1 aliphatic rings. The molecule has 0 bridgehead atoms. The van der Waals surface area contributed by atoms with Crippen LogP contribution < -0.4 is 10.1 Å². The van der Waals surface area contributed by atoms with Crippen molar-refractivity contribution in [2.45, 2.75) is 16.9 Å². The van der Waals surface area contributed by atoms with Crippen molar-refractivity contribution < 1.29 is 9.47 Å². The largest absolute Gasteiger partial charge is 0.486 e. The molecule has 0 unspecified atom stereocenters. The molecule has 0 saturated carbocycles. The zero-order chi connectivity index (χ0) is 21.6. The highest BCUT2D eigenvalue weighted by Crippen LogP contribution is 2.38. The van der Waals surface area contributed by atoms with E-state index in [2.05, 4.69) is 27.4 Å². The molecular weight excluding hydrogens is 410 g/mol. The lowest BCUT2D eigenvalue weighted by molar-refractivity contribution is -0.0796. The first-order chi connectivity index (χ1) is 15.2. The van der Waals surface area contributed by atoms with Crippen molar-refractivity contribution in [1.29, 1.82) is 10.5 Å². The molecule has 3 heterocycles. The molecule has 0 spiro atoms. The van der Waals surface area contributed by atoms with E-state index in [4.69, 9.17) is 9.47 Å². The fourth-order valence-electron chi connectivity index (χ4n) is 3.16. The van der Waals surface area contributed by atoms with Crippen molar-refractivity contribution >= 4 is 17.6 Å². The van der Waals surface area contributed by atoms with E-state index in [0.29, 0.717) is 46.5 Å². The van der Waals surface area contributed by atoms with Crippen LogP contribution in [0, 0.1) is 22.7 Å². The minimum absolute atomic E-state index is 0.0717. The number of ether oxygens (including phenoxy) is 2. The summed E-state index contributed by atoms with van der Waals surface area (Å²) in [6.45, 7) is 1.18. The quantitative estimate of drug-likeness (QED) is 0.562. The van der Waals surface area contributed by atoms with Crippen LogP contribution in [0.25, 0.3) is 11.1 Å². The Balaban J connectivity index is 1.72. The van der Waals surface area contributed by atoms with Gasteiger partial charge in [-0.25, -0.2) is 4.98 Å². The van der Waals surface area contributed by atoms with Gasteiger partial charge in [0.1, 0.15) is 40.4 Å². The van der Waals surface area contributed by atoms with Crippen LogP contribution in [0.2, 0.25) is 0 Å². The number of nitrogens with one attached hydrogen (secondary N) is 1. The zero-order valence-electron chi connectivity index (χ0n) is 16.8. The molecule has 0 radical (unpaired) electrons. The molecule has 0 atom stereocenters. The molecule has 4 rings (SSSR count).